The van der Waals surface area contributed by atoms with Gasteiger partial charge in [0, 0.05) is 0 Å². The molecule has 0 unspecified atom stereocenters. The summed E-state index contributed by atoms with van der Waals surface area (Å²) in [5.74, 6) is 0. The van der Waals surface area contributed by atoms with Crippen molar-refractivity contribution in [1.29, 1.82) is 0 Å². The van der Waals surface area contributed by atoms with Crippen molar-refractivity contribution in [2.24, 2.45) is 0 Å². The molecule has 0 aliphatic heterocycles. The lowest BCUT2D eigenvalue weighted by molar-refractivity contribution is -0.384. The number of nitrogens with zero attached hydrogens (tertiary/aromatic N) is 2. The summed E-state index contributed by atoms with van der Waals surface area (Å²) in [6.07, 6.45) is 1.39. The molecule has 0 amide bonds. The first kappa shape index (κ1) is 8.64. The molecule has 0 atom stereocenters. The van der Waals surface area contributed by atoms with Gasteiger partial charge < -0.3 is 10.1 Å². The highest BCUT2D eigenvalue weighted by Crippen LogP contribution is 2.26. The molecule has 0 aliphatic rings. The number of benzene rings is 1. The number of fused-ring (bicyclic) bond motifs is 1. The molecule has 14 heavy (non-hydrogen) atoms. The zero-order chi connectivity index (χ0) is 10.1. The van der Waals surface area contributed by atoms with Crippen molar-refractivity contribution in [3.8, 4) is 0 Å². The molecule has 6 heteroatoms. The summed E-state index contributed by atoms with van der Waals surface area (Å²) in [5, 5.41) is 19.7. The summed E-state index contributed by atoms with van der Waals surface area (Å²) >= 11 is 0. The van der Waals surface area contributed by atoms with Gasteiger partial charge in [-0.15, -0.1) is 0 Å². The number of aliphatic hydroxyl groups excluding tert-OH is 1. The molecular weight excluding hydrogens is 186 g/mol. The number of imidazole rings is 1. The van der Waals surface area contributed by atoms with E-state index in [9.17, 15) is 10.1 Å². The van der Waals surface area contributed by atoms with Crippen LogP contribution in [0, 0.1) is 10.1 Å². The first-order valence-electron chi connectivity index (χ1n) is 3.94. The molecule has 1 aromatic heterocycles. The van der Waals surface area contributed by atoms with E-state index in [0.717, 1.165) is 0 Å². The van der Waals surface area contributed by atoms with Gasteiger partial charge in [0.2, 0.25) is 0 Å². The Kier molecular flexibility index (Phi) is 1.90. The van der Waals surface area contributed by atoms with Crippen molar-refractivity contribution in [2.45, 2.75) is 6.61 Å². The third-order valence-corrected chi connectivity index (χ3v) is 2.00. The van der Waals surface area contributed by atoms with E-state index in [4.69, 9.17) is 5.11 Å². The number of nitro benzene ring substituents is 1. The zero-order valence-electron chi connectivity index (χ0n) is 7.10. The molecule has 0 saturated heterocycles. The normalized spacial score (nSPS) is 10.6. The number of H-pyrrole nitrogens is 1. The number of aliphatic hydroxyl groups is 1. The Morgan fingerprint density at radius 1 is 1.57 bits per heavy atom. The molecule has 2 N–H and O–H groups in total. The van der Waals surface area contributed by atoms with Crippen LogP contribution in [-0.4, -0.2) is 20.0 Å². The van der Waals surface area contributed by atoms with Crippen LogP contribution in [0.3, 0.4) is 0 Å². The van der Waals surface area contributed by atoms with Gasteiger partial charge in [0.05, 0.1) is 28.9 Å². The van der Waals surface area contributed by atoms with Crippen molar-refractivity contribution < 1.29 is 10.0 Å². The Hall–Kier alpha value is -1.95. The summed E-state index contributed by atoms with van der Waals surface area (Å²) in [7, 11) is 0. The molecule has 0 radical (unpaired) electrons. The highest BCUT2D eigenvalue weighted by atomic mass is 16.6. The van der Waals surface area contributed by atoms with E-state index in [2.05, 4.69) is 9.97 Å². The highest BCUT2D eigenvalue weighted by Gasteiger charge is 2.19. The molecule has 72 valence electrons. The fourth-order valence-corrected chi connectivity index (χ4v) is 1.37. The van der Waals surface area contributed by atoms with Crippen LogP contribution in [0.1, 0.15) is 5.56 Å². The molecule has 6 nitrogen and oxygen atoms in total. The molecule has 1 aromatic carbocycles. The van der Waals surface area contributed by atoms with Crippen molar-refractivity contribution in [3.05, 3.63) is 34.1 Å². The number of hydrogen-bond donors (Lipinski definition) is 2. The minimum Gasteiger partial charge on any atom is -0.391 e. The lowest BCUT2D eigenvalue weighted by Crippen LogP contribution is -1.96. The number of aromatic nitrogens is 2. The SMILES string of the molecule is O=[N+]([O-])c1c(CO)ccc2[nH]cnc12. The molecule has 0 bridgehead atoms. The second kappa shape index (κ2) is 3.08. The lowest BCUT2D eigenvalue weighted by atomic mass is 10.1. The summed E-state index contributed by atoms with van der Waals surface area (Å²) < 4.78 is 0. The van der Waals surface area contributed by atoms with Crippen LogP contribution in [-0.2, 0) is 6.61 Å². The van der Waals surface area contributed by atoms with Gasteiger partial charge in [0.25, 0.3) is 0 Å². The van der Waals surface area contributed by atoms with Gasteiger partial charge >= 0.3 is 5.69 Å². The van der Waals surface area contributed by atoms with E-state index in [-0.39, 0.29) is 23.4 Å². The smallest absolute Gasteiger partial charge is 0.302 e. The average molecular weight is 193 g/mol. The minimum atomic E-state index is -0.533. The first-order valence-corrected chi connectivity index (χ1v) is 3.94. The van der Waals surface area contributed by atoms with Crippen LogP contribution in [0.5, 0.6) is 0 Å². The standard InChI is InChI=1S/C8H7N3O3/c12-3-5-1-2-6-7(10-4-9-6)8(5)11(13)14/h1-2,4,12H,3H2,(H,9,10). The van der Waals surface area contributed by atoms with Gasteiger partial charge in [-0.3, -0.25) is 10.1 Å². The van der Waals surface area contributed by atoms with Crippen LogP contribution in [0.25, 0.3) is 11.0 Å². The largest absolute Gasteiger partial charge is 0.391 e. The summed E-state index contributed by atoms with van der Waals surface area (Å²) in [6, 6.07) is 3.17. The van der Waals surface area contributed by atoms with Crippen LogP contribution in [0.4, 0.5) is 5.69 Å². The molecule has 2 aromatic rings. The Bertz CT molecular complexity index is 492. The minimum absolute atomic E-state index is 0.133. The number of aromatic amines is 1. The van der Waals surface area contributed by atoms with Crippen molar-refractivity contribution in [1.82, 2.24) is 9.97 Å². The molecule has 0 aliphatic carbocycles. The number of nitro groups is 1. The van der Waals surface area contributed by atoms with Crippen LogP contribution in [0.2, 0.25) is 0 Å². The van der Waals surface area contributed by atoms with Gasteiger partial charge in [-0.05, 0) is 12.1 Å². The van der Waals surface area contributed by atoms with Gasteiger partial charge in [-0.25, -0.2) is 4.98 Å². The van der Waals surface area contributed by atoms with Gasteiger partial charge in [0.15, 0.2) is 5.52 Å². The maximum absolute atomic E-state index is 10.7. The molecule has 0 spiro atoms. The van der Waals surface area contributed by atoms with Crippen LogP contribution >= 0.6 is 0 Å². The molecule has 0 fully saturated rings. The molecule has 1 heterocycles. The summed E-state index contributed by atoms with van der Waals surface area (Å²) in [5.41, 5.74) is 1.01. The van der Waals surface area contributed by atoms with Crippen LogP contribution in [0.15, 0.2) is 18.5 Å². The summed E-state index contributed by atoms with van der Waals surface area (Å²) in [4.78, 5) is 16.8. The fourth-order valence-electron chi connectivity index (χ4n) is 1.37. The summed E-state index contributed by atoms with van der Waals surface area (Å²) in [6.45, 7) is -0.362. The Morgan fingerprint density at radius 2 is 2.36 bits per heavy atom. The van der Waals surface area contributed by atoms with Crippen LogP contribution < -0.4 is 0 Å². The van der Waals surface area contributed by atoms with Gasteiger partial charge in [0.1, 0.15) is 0 Å². The molecular formula is C8H7N3O3. The number of rotatable bonds is 2. The molecule has 0 saturated carbocycles. The monoisotopic (exact) mass is 193 g/mol. The highest BCUT2D eigenvalue weighted by molar-refractivity contribution is 5.85. The Morgan fingerprint density at radius 3 is 3.00 bits per heavy atom. The fraction of sp³-hybridized carbons (Fsp3) is 0.125. The average Bonchev–Trinajstić information content (AvgIpc) is 2.62. The maximum Gasteiger partial charge on any atom is 0.302 e. The maximum atomic E-state index is 10.7. The lowest BCUT2D eigenvalue weighted by Gasteiger charge is -1.98. The number of hydrogen-bond acceptors (Lipinski definition) is 4. The second-order valence-corrected chi connectivity index (χ2v) is 2.79. The van der Waals surface area contributed by atoms with E-state index >= 15 is 0 Å². The Labute approximate surface area is 78.4 Å². The third kappa shape index (κ3) is 1.12. The predicted octanol–water partition coefficient (Wildman–Crippen LogP) is 0.963. The Balaban J connectivity index is 2.82. The predicted molar refractivity (Wildman–Crippen MR) is 48.7 cm³/mol. The van der Waals surface area contributed by atoms with E-state index in [1.165, 1.54) is 12.4 Å². The second-order valence-electron chi connectivity index (χ2n) is 2.79. The van der Waals surface area contributed by atoms with E-state index in [1.54, 1.807) is 6.07 Å². The van der Waals surface area contributed by atoms with E-state index in [0.29, 0.717) is 5.52 Å². The van der Waals surface area contributed by atoms with E-state index in [1.807, 2.05) is 0 Å². The van der Waals surface area contributed by atoms with Gasteiger partial charge in [-0.2, -0.15) is 0 Å². The topological polar surface area (TPSA) is 92.0 Å². The molecule has 2 rings (SSSR count). The first-order chi connectivity index (χ1) is 6.74. The van der Waals surface area contributed by atoms with E-state index < -0.39 is 4.92 Å². The van der Waals surface area contributed by atoms with Gasteiger partial charge in [-0.1, -0.05) is 0 Å². The number of nitrogens with one attached hydrogen (secondary N) is 1. The van der Waals surface area contributed by atoms with Crippen molar-refractivity contribution >= 4 is 16.7 Å². The van der Waals surface area contributed by atoms with Crippen molar-refractivity contribution in [3.63, 3.8) is 0 Å². The zero-order valence-corrected chi connectivity index (χ0v) is 7.10. The quantitative estimate of drug-likeness (QED) is 0.548. The third-order valence-electron chi connectivity index (χ3n) is 2.00. The van der Waals surface area contributed by atoms with Crippen molar-refractivity contribution in [2.75, 3.05) is 0 Å².